The van der Waals surface area contributed by atoms with Crippen molar-refractivity contribution < 1.29 is 5.11 Å². The van der Waals surface area contributed by atoms with E-state index in [4.69, 9.17) is 5.11 Å². The van der Waals surface area contributed by atoms with Crippen LogP contribution in [0, 0.1) is 11.8 Å². The van der Waals surface area contributed by atoms with Crippen LogP contribution in [0.15, 0.2) is 0 Å². The molecular formula is C9H17NO. The Morgan fingerprint density at radius 3 is 2.64 bits per heavy atom. The van der Waals surface area contributed by atoms with Gasteiger partial charge in [0.25, 0.3) is 0 Å². The number of rotatable bonds is 2. The second-order valence-electron chi connectivity index (χ2n) is 4.02. The van der Waals surface area contributed by atoms with Crippen LogP contribution in [0.2, 0.25) is 0 Å². The largest absolute Gasteiger partial charge is 0.395 e. The van der Waals surface area contributed by atoms with E-state index in [1.165, 1.54) is 25.8 Å². The molecule has 2 nitrogen and oxygen atoms in total. The summed E-state index contributed by atoms with van der Waals surface area (Å²) in [5.41, 5.74) is 0. The van der Waals surface area contributed by atoms with Crippen LogP contribution in [0.5, 0.6) is 0 Å². The summed E-state index contributed by atoms with van der Waals surface area (Å²) in [5, 5.41) is 9.14. The zero-order valence-corrected chi connectivity index (χ0v) is 7.16. The maximum atomic E-state index is 9.14. The maximum Gasteiger partial charge on any atom is 0.0589 e. The number of likely N-dealkylation sites (tertiary alicyclic amines) is 1. The van der Waals surface area contributed by atoms with Crippen molar-refractivity contribution in [1.82, 2.24) is 4.90 Å². The molecule has 1 saturated carbocycles. The lowest BCUT2D eigenvalue weighted by molar-refractivity contribution is 0.148. The number of likely N-dealkylation sites (N-methyl/N-ethyl adjacent to an activating group) is 1. The van der Waals surface area contributed by atoms with E-state index in [9.17, 15) is 0 Å². The smallest absolute Gasteiger partial charge is 0.0589 e. The van der Waals surface area contributed by atoms with Crippen molar-refractivity contribution in [3.8, 4) is 0 Å². The molecule has 1 N–H and O–H groups in total. The van der Waals surface area contributed by atoms with Crippen molar-refractivity contribution in [3.63, 3.8) is 0 Å². The predicted octanol–water partition coefficient (Wildman–Crippen LogP) is 0.709. The monoisotopic (exact) mass is 155 g/mol. The fraction of sp³-hybridized carbons (Fsp3) is 1.00. The van der Waals surface area contributed by atoms with Crippen molar-refractivity contribution in [2.75, 3.05) is 20.2 Å². The molecule has 0 radical (unpaired) electrons. The summed E-state index contributed by atoms with van der Waals surface area (Å²) in [7, 11) is 2.13. The Kier molecular flexibility index (Phi) is 1.90. The molecule has 0 aromatic carbocycles. The van der Waals surface area contributed by atoms with E-state index in [1.54, 1.807) is 0 Å². The highest BCUT2D eigenvalue weighted by Crippen LogP contribution is 2.43. The molecule has 2 heteroatoms. The van der Waals surface area contributed by atoms with Crippen molar-refractivity contribution in [1.29, 1.82) is 0 Å². The summed E-state index contributed by atoms with van der Waals surface area (Å²) in [6, 6.07) is 0.475. The van der Waals surface area contributed by atoms with Crippen molar-refractivity contribution in [3.05, 3.63) is 0 Å². The van der Waals surface area contributed by atoms with Crippen LogP contribution in [0.1, 0.15) is 19.3 Å². The molecule has 0 spiro atoms. The van der Waals surface area contributed by atoms with Crippen LogP contribution in [-0.2, 0) is 0 Å². The molecule has 2 rings (SSSR count). The molecule has 0 bridgehead atoms. The van der Waals surface area contributed by atoms with Crippen molar-refractivity contribution in [2.45, 2.75) is 25.3 Å². The standard InChI is InChI=1S/C9H17NO/c1-10-5-4-8(7-2-3-7)9(10)6-11/h7-9,11H,2-6H2,1H3/t8-,9+/m1/s1. The normalized spacial score (nSPS) is 39.8. The molecule has 1 aliphatic carbocycles. The third-order valence-corrected chi connectivity index (χ3v) is 3.29. The van der Waals surface area contributed by atoms with Gasteiger partial charge in [-0.2, -0.15) is 0 Å². The van der Waals surface area contributed by atoms with Gasteiger partial charge in [-0.25, -0.2) is 0 Å². The first-order chi connectivity index (χ1) is 5.33. The zero-order chi connectivity index (χ0) is 7.84. The number of hydrogen-bond acceptors (Lipinski definition) is 2. The van der Waals surface area contributed by atoms with E-state index in [0.29, 0.717) is 12.6 Å². The maximum absolute atomic E-state index is 9.14. The van der Waals surface area contributed by atoms with Crippen LogP contribution < -0.4 is 0 Å². The first-order valence-electron chi connectivity index (χ1n) is 4.64. The van der Waals surface area contributed by atoms with E-state index in [-0.39, 0.29) is 0 Å². The molecule has 11 heavy (non-hydrogen) atoms. The highest BCUT2D eigenvalue weighted by molar-refractivity contribution is 4.93. The second kappa shape index (κ2) is 2.76. The highest BCUT2D eigenvalue weighted by atomic mass is 16.3. The fourth-order valence-corrected chi connectivity index (χ4v) is 2.39. The number of nitrogens with zero attached hydrogens (tertiary/aromatic N) is 1. The SMILES string of the molecule is CN1CC[C@H](C2CC2)[C@@H]1CO. The molecule has 1 saturated heterocycles. The zero-order valence-electron chi connectivity index (χ0n) is 7.16. The average Bonchev–Trinajstić information content (AvgIpc) is 2.76. The third-order valence-electron chi connectivity index (χ3n) is 3.29. The van der Waals surface area contributed by atoms with Gasteiger partial charge in [0.1, 0.15) is 0 Å². The Morgan fingerprint density at radius 1 is 1.36 bits per heavy atom. The molecule has 0 unspecified atom stereocenters. The molecule has 1 aliphatic heterocycles. The fourth-order valence-electron chi connectivity index (χ4n) is 2.39. The number of aliphatic hydroxyl groups excluding tert-OH is 1. The second-order valence-corrected chi connectivity index (χ2v) is 4.02. The molecule has 0 aromatic heterocycles. The summed E-state index contributed by atoms with van der Waals surface area (Å²) in [6.07, 6.45) is 4.14. The first-order valence-corrected chi connectivity index (χ1v) is 4.64. The summed E-state index contributed by atoms with van der Waals surface area (Å²) in [5.74, 6) is 1.77. The highest BCUT2D eigenvalue weighted by Gasteiger charge is 2.41. The molecule has 2 fully saturated rings. The summed E-state index contributed by atoms with van der Waals surface area (Å²) in [6.45, 7) is 1.55. The van der Waals surface area contributed by atoms with Gasteiger partial charge in [0.2, 0.25) is 0 Å². The van der Waals surface area contributed by atoms with E-state index in [0.717, 1.165) is 11.8 Å². The van der Waals surface area contributed by atoms with Crippen LogP contribution in [0.25, 0.3) is 0 Å². The molecular weight excluding hydrogens is 138 g/mol. The van der Waals surface area contributed by atoms with Crippen molar-refractivity contribution >= 4 is 0 Å². The van der Waals surface area contributed by atoms with Crippen LogP contribution in [-0.4, -0.2) is 36.2 Å². The number of aliphatic hydroxyl groups is 1. The Balaban J connectivity index is 1.97. The molecule has 0 aromatic rings. The summed E-state index contributed by atoms with van der Waals surface area (Å²) in [4.78, 5) is 2.31. The van der Waals surface area contributed by atoms with Gasteiger partial charge in [0.05, 0.1) is 6.61 Å². The topological polar surface area (TPSA) is 23.5 Å². The van der Waals surface area contributed by atoms with Crippen LogP contribution >= 0.6 is 0 Å². The minimum Gasteiger partial charge on any atom is -0.395 e. The lowest BCUT2D eigenvalue weighted by atomic mass is 9.96. The molecule has 2 atom stereocenters. The molecule has 64 valence electrons. The van der Waals surface area contributed by atoms with Gasteiger partial charge >= 0.3 is 0 Å². The summed E-state index contributed by atoms with van der Waals surface area (Å²) >= 11 is 0. The van der Waals surface area contributed by atoms with E-state index in [2.05, 4.69) is 11.9 Å². The average molecular weight is 155 g/mol. The molecule has 2 aliphatic rings. The van der Waals surface area contributed by atoms with Crippen molar-refractivity contribution in [2.24, 2.45) is 11.8 Å². The Hall–Kier alpha value is -0.0800. The van der Waals surface area contributed by atoms with Gasteiger partial charge in [-0.1, -0.05) is 0 Å². The van der Waals surface area contributed by atoms with Gasteiger partial charge < -0.3 is 10.0 Å². The summed E-state index contributed by atoms with van der Waals surface area (Å²) < 4.78 is 0. The van der Waals surface area contributed by atoms with Gasteiger partial charge in [-0.3, -0.25) is 0 Å². The molecule has 0 amide bonds. The minimum absolute atomic E-state index is 0.359. The van der Waals surface area contributed by atoms with Gasteiger partial charge in [0.15, 0.2) is 0 Å². The Morgan fingerprint density at radius 2 is 2.09 bits per heavy atom. The minimum atomic E-state index is 0.359. The first kappa shape index (κ1) is 7.56. The van der Waals surface area contributed by atoms with Gasteiger partial charge in [-0.05, 0) is 44.7 Å². The van der Waals surface area contributed by atoms with E-state index in [1.807, 2.05) is 0 Å². The molecule has 1 heterocycles. The lowest BCUT2D eigenvalue weighted by Crippen LogP contribution is -2.33. The van der Waals surface area contributed by atoms with E-state index < -0.39 is 0 Å². The lowest BCUT2D eigenvalue weighted by Gasteiger charge is -2.22. The Labute approximate surface area is 68.2 Å². The van der Waals surface area contributed by atoms with Gasteiger partial charge in [0, 0.05) is 6.04 Å². The Bertz CT molecular complexity index is 144. The van der Waals surface area contributed by atoms with Crippen LogP contribution in [0.3, 0.4) is 0 Å². The quantitative estimate of drug-likeness (QED) is 0.635. The van der Waals surface area contributed by atoms with E-state index >= 15 is 0 Å². The van der Waals surface area contributed by atoms with Gasteiger partial charge in [-0.15, -0.1) is 0 Å². The predicted molar refractivity (Wildman–Crippen MR) is 44.3 cm³/mol. The number of hydrogen-bond donors (Lipinski definition) is 1. The van der Waals surface area contributed by atoms with Crippen LogP contribution in [0.4, 0.5) is 0 Å². The third kappa shape index (κ3) is 1.30.